The van der Waals surface area contributed by atoms with Gasteiger partial charge in [0.15, 0.2) is 5.96 Å². The molecule has 0 aliphatic carbocycles. The lowest BCUT2D eigenvalue weighted by Crippen LogP contribution is -2.38. The molecule has 0 heterocycles. The Morgan fingerprint density at radius 2 is 1.83 bits per heavy atom. The Bertz CT molecular complexity index is 852. The van der Waals surface area contributed by atoms with Crippen LogP contribution >= 0.6 is 0 Å². The van der Waals surface area contributed by atoms with Crippen LogP contribution in [-0.2, 0) is 17.9 Å². The second-order valence-electron chi connectivity index (χ2n) is 6.55. The van der Waals surface area contributed by atoms with Crippen LogP contribution in [0.4, 0.5) is 5.69 Å². The van der Waals surface area contributed by atoms with Crippen molar-refractivity contribution < 1.29 is 14.3 Å². The molecule has 7 heteroatoms. The first kappa shape index (κ1) is 22.1. The molecule has 0 saturated heterocycles. The lowest BCUT2D eigenvalue weighted by molar-refractivity contribution is -0.114. The van der Waals surface area contributed by atoms with E-state index in [1.165, 1.54) is 6.92 Å². The summed E-state index contributed by atoms with van der Waals surface area (Å²) in [5.74, 6) is 2.11. The highest BCUT2D eigenvalue weighted by atomic mass is 16.5. The third-order valence-corrected chi connectivity index (χ3v) is 4.28. The van der Waals surface area contributed by atoms with E-state index in [1.807, 2.05) is 56.4 Å². The van der Waals surface area contributed by atoms with E-state index in [2.05, 4.69) is 15.5 Å². The maximum absolute atomic E-state index is 11.4. The van der Waals surface area contributed by atoms with E-state index < -0.39 is 0 Å². The molecule has 2 rings (SSSR count). The SMILES string of the molecule is CCNC(=NCc1ccc(OC)c(NC(C)=O)c1)N(C)Cc1ccccc1OC. The standard InChI is InChI=1S/C22H30N4O3/c1-6-23-22(26(3)15-18-9-7-8-10-20(18)28-4)24-14-17-11-12-21(29-5)19(13-17)25-16(2)27/h7-13H,6,14-15H2,1-5H3,(H,23,24)(H,25,27). The lowest BCUT2D eigenvalue weighted by atomic mass is 10.2. The lowest BCUT2D eigenvalue weighted by Gasteiger charge is -2.23. The number of rotatable bonds is 8. The molecule has 2 aromatic carbocycles. The van der Waals surface area contributed by atoms with E-state index in [-0.39, 0.29) is 5.91 Å². The van der Waals surface area contributed by atoms with Crippen molar-refractivity contribution in [2.45, 2.75) is 26.9 Å². The molecule has 0 fully saturated rings. The highest BCUT2D eigenvalue weighted by Gasteiger charge is 2.11. The molecule has 0 radical (unpaired) electrons. The van der Waals surface area contributed by atoms with Crippen molar-refractivity contribution in [1.82, 2.24) is 10.2 Å². The maximum atomic E-state index is 11.4. The summed E-state index contributed by atoms with van der Waals surface area (Å²) in [6.45, 7) is 5.40. The molecule has 0 bridgehead atoms. The Kier molecular flexibility index (Phi) is 8.33. The average Bonchev–Trinajstić information content (AvgIpc) is 2.71. The monoisotopic (exact) mass is 398 g/mol. The number of aliphatic imine (C=N–C) groups is 1. The number of anilines is 1. The fourth-order valence-electron chi connectivity index (χ4n) is 2.94. The van der Waals surface area contributed by atoms with Gasteiger partial charge in [-0.15, -0.1) is 0 Å². The van der Waals surface area contributed by atoms with Crippen molar-refractivity contribution in [1.29, 1.82) is 0 Å². The van der Waals surface area contributed by atoms with Crippen LogP contribution in [0.3, 0.4) is 0 Å². The molecule has 0 unspecified atom stereocenters. The van der Waals surface area contributed by atoms with E-state index >= 15 is 0 Å². The van der Waals surface area contributed by atoms with E-state index in [1.54, 1.807) is 14.2 Å². The van der Waals surface area contributed by atoms with E-state index in [0.29, 0.717) is 24.5 Å². The number of hydrogen-bond acceptors (Lipinski definition) is 4. The number of nitrogens with zero attached hydrogens (tertiary/aromatic N) is 2. The minimum Gasteiger partial charge on any atom is -0.496 e. The summed E-state index contributed by atoms with van der Waals surface area (Å²) in [6.07, 6.45) is 0. The number of amides is 1. The zero-order valence-corrected chi connectivity index (χ0v) is 17.8. The summed E-state index contributed by atoms with van der Waals surface area (Å²) in [5, 5.41) is 6.11. The molecule has 0 aromatic heterocycles. The van der Waals surface area contributed by atoms with Crippen LogP contribution in [-0.4, -0.2) is 44.6 Å². The number of para-hydroxylation sites is 1. The third kappa shape index (κ3) is 6.41. The first-order valence-corrected chi connectivity index (χ1v) is 9.54. The van der Waals surface area contributed by atoms with Crippen LogP contribution in [0.2, 0.25) is 0 Å². The minimum absolute atomic E-state index is 0.145. The Hall–Kier alpha value is -3.22. The van der Waals surface area contributed by atoms with Gasteiger partial charge >= 0.3 is 0 Å². The van der Waals surface area contributed by atoms with Gasteiger partial charge in [0.1, 0.15) is 11.5 Å². The molecular weight excluding hydrogens is 368 g/mol. The second-order valence-corrected chi connectivity index (χ2v) is 6.55. The highest BCUT2D eigenvalue weighted by Crippen LogP contribution is 2.26. The van der Waals surface area contributed by atoms with Gasteiger partial charge in [0.2, 0.25) is 5.91 Å². The number of nitrogens with one attached hydrogen (secondary N) is 2. The molecule has 0 saturated carbocycles. The van der Waals surface area contributed by atoms with Gasteiger partial charge in [0.25, 0.3) is 0 Å². The van der Waals surface area contributed by atoms with E-state index in [0.717, 1.165) is 29.4 Å². The largest absolute Gasteiger partial charge is 0.496 e. The molecule has 29 heavy (non-hydrogen) atoms. The van der Waals surface area contributed by atoms with Gasteiger partial charge in [-0.25, -0.2) is 4.99 Å². The van der Waals surface area contributed by atoms with Gasteiger partial charge in [0, 0.05) is 32.6 Å². The topological polar surface area (TPSA) is 75.2 Å². The Labute approximate surface area is 172 Å². The number of carbonyl (C=O) groups excluding carboxylic acids is 1. The zero-order chi connectivity index (χ0) is 21.2. The molecule has 156 valence electrons. The van der Waals surface area contributed by atoms with E-state index in [4.69, 9.17) is 14.5 Å². The van der Waals surface area contributed by atoms with Crippen LogP contribution in [0.5, 0.6) is 11.5 Å². The van der Waals surface area contributed by atoms with Crippen molar-refractivity contribution in [2.24, 2.45) is 4.99 Å². The normalized spacial score (nSPS) is 11.0. The zero-order valence-electron chi connectivity index (χ0n) is 17.8. The summed E-state index contributed by atoms with van der Waals surface area (Å²) in [4.78, 5) is 18.2. The number of ether oxygens (including phenoxy) is 2. The van der Waals surface area contributed by atoms with Crippen LogP contribution < -0.4 is 20.1 Å². The fourth-order valence-corrected chi connectivity index (χ4v) is 2.94. The second kappa shape index (κ2) is 10.9. The van der Waals surface area contributed by atoms with Crippen molar-refractivity contribution in [3.63, 3.8) is 0 Å². The molecule has 2 aromatic rings. The Balaban J connectivity index is 2.18. The van der Waals surface area contributed by atoms with Gasteiger partial charge < -0.3 is 25.0 Å². The summed E-state index contributed by atoms with van der Waals surface area (Å²) < 4.78 is 10.8. The molecule has 0 aliphatic rings. The van der Waals surface area contributed by atoms with E-state index in [9.17, 15) is 4.79 Å². The summed E-state index contributed by atoms with van der Waals surface area (Å²) in [5.41, 5.74) is 2.69. The Morgan fingerprint density at radius 3 is 2.48 bits per heavy atom. The van der Waals surface area contributed by atoms with Crippen molar-refractivity contribution >= 4 is 17.6 Å². The number of carbonyl (C=O) groups is 1. The molecular formula is C22H30N4O3. The van der Waals surface area contributed by atoms with Crippen molar-refractivity contribution in [2.75, 3.05) is 33.1 Å². The first-order valence-electron chi connectivity index (χ1n) is 9.54. The molecule has 1 amide bonds. The molecule has 0 atom stereocenters. The average molecular weight is 399 g/mol. The number of guanidine groups is 1. The summed E-state index contributed by atoms with van der Waals surface area (Å²) >= 11 is 0. The molecule has 0 spiro atoms. The number of benzene rings is 2. The summed E-state index contributed by atoms with van der Waals surface area (Å²) in [6, 6.07) is 13.6. The van der Waals surface area contributed by atoms with Gasteiger partial charge in [0.05, 0.1) is 26.5 Å². The third-order valence-electron chi connectivity index (χ3n) is 4.28. The van der Waals surface area contributed by atoms with Crippen LogP contribution in [0.15, 0.2) is 47.5 Å². The number of hydrogen-bond donors (Lipinski definition) is 2. The highest BCUT2D eigenvalue weighted by molar-refractivity contribution is 5.90. The Morgan fingerprint density at radius 1 is 1.10 bits per heavy atom. The molecule has 7 nitrogen and oxygen atoms in total. The first-order chi connectivity index (χ1) is 14.0. The van der Waals surface area contributed by atoms with Crippen LogP contribution in [0.1, 0.15) is 25.0 Å². The molecule has 2 N–H and O–H groups in total. The van der Waals surface area contributed by atoms with Crippen LogP contribution in [0, 0.1) is 0 Å². The minimum atomic E-state index is -0.145. The number of methoxy groups -OCH3 is 2. The molecule has 0 aliphatic heterocycles. The van der Waals surface area contributed by atoms with Crippen molar-refractivity contribution in [3.8, 4) is 11.5 Å². The van der Waals surface area contributed by atoms with Crippen molar-refractivity contribution in [3.05, 3.63) is 53.6 Å². The fraction of sp³-hybridized carbons (Fsp3) is 0.364. The smallest absolute Gasteiger partial charge is 0.221 e. The van der Waals surface area contributed by atoms with Gasteiger partial charge in [-0.1, -0.05) is 24.3 Å². The van der Waals surface area contributed by atoms with Gasteiger partial charge in [-0.05, 0) is 30.7 Å². The summed E-state index contributed by atoms with van der Waals surface area (Å²) in [7, 11) is 5.24. The van der Waals surface area contributed by atoms with Gasteiger partial charge in [-0.3, -0.25) is 4.79 Å². The quantitative estimate of drug-likeness (QED) is 0.527. The van der Waals surface area contributed by atoms with Crippen LogP contribution in [0.25, 0.3) is 0 Å². The maximum Gasteiger partial charge on any atom is 0.221 e. The predicted molar refractivity (Wildman–Crippen MR) is 117 cm³/mol. The predicted octanol–water partition coefficient (Wildman–Crippen LogP) is 3.26. The van der Waals surface area contributed by atoms with Gasteiger partial charge in [-0.2, -0.15) is 0 Å².